The third-order valence-corrected chi connectivity index (χ3v) is 5.21. The molecule has 6 heteroatoms. The highest BCUT2D eigenvalue weighted by Crippen LogP contribution is 2.47. The van der Waals surface area contributed by atoms with Gasteiger partial charge in [0.1, 0.15) is 0 Å². The van der Waals surface area contributed by atoms with E-state index in [1.807, 2.05) is 18.2 Å². The zero-order valence-corrected chi connectivity index (χ0v) is 13.2. The van der Waals surface area contributed by atoms with Crippen LogP contribution in [0.15, 0.2) is 48.8 Å². The van der Waals surface area contributed by atoms with Gasteiger partial charge in [-0.2, -0.15) is 10.2 Å². The van der Waals surface area contributed by atoms with Crippen molar-refractivity contribution >= 4 is 11.8 Å². The molecular formula is C18H18N4O2. The van der Waals surface area contributed by atoms with Gasteiger partial charge in [0, 0.05) is 25.6 Å². The van der Waals surface area contributed by atoms with Gasteiger partial charge in [0.2, 0.25) is 5.91 Å². The van der Waals surface area contributed by atoms with Gasteiger partial charge in [0.15, 0.2) is 0 Å². The number of rotatable bonds is 2. The first-order valence-corrected chi connectivity index (χ1v) is 8.10. The zero-order valence-electron chi connectivity index (χ0n) is 13.2. The molecule has 2 amide bonds. The van der Waals surface area contributed by atoms with E-state index in [0.29, 0.717) is 31.6 Å². The fraction of sp³-hybridized carbons (Fsp3) is 0.333. The van der Waals surface area contributed by atoms with Gasteiger partial charge in [0.25, 0.3) is 5.91 Å². The molecule has 2 atom stereocenters. The maximum atomic E-state index is 12.7. The standard InChI is InChI=1S/C18H18N4O2/c23-16(14-6-8-20-21-10-14)22-9-7-18(12-22)15(11-19-17(18)24)13-4-2-1-3-5-13/h1-6,8,10,15H,7,9,11-12H2,(H,19,24)/t15-,18+/m1/s1. The molecule has 1 aromatic carbocycles. The summed E-state index contributed by atoms with van der Waals surface area (Å²) in [6.07, 6.45) is 3.66. The molecule has 1 N–H and O–H groups in total. The molecule has 1 aromatic heterocycles. The number of amides is 2. The van der Waals surface area contributed by atoms with Gasteiger partial charge in [-0.15, -0.1) is 0 Å². The molecule has 0 radical (unpaired) electrons. The van der Waals surface area contributed by atoms with Crippen molar-refractivity contribution in [3.8, 4) is 0 Å². The summed E-state index contributed by atoms with van der Waals surface area (Å²) in [5.74, 6) is 0.0624. The molecule has 24 heavy (non-hydrogen) atoms. The highest BCUT2D eigenvalue weighted by molar-refractivity contribution is 5.95. The van der Waals surface area contributed by atoms with Crippen LogP contribution in [0.2, 0.25) is 0 Å². The highest BCUT2D eigenvalue weighted by Gasteiger charge is 2.55. The Kier molecular flexibility index (Phi) is 3.52. The maximum absolute atomic E-state index is 12.7. The van der Waals surface area contributed by atoms with Gasteiger partial charge in [0.05, 0.1) is 23.4 Å². The molecular weight excluding hydrogens is 304 g/mol. The average molecular weight is 322 g/mol. The Morgan fingerprint density at radius 2 is 2.04 bits per heavy atom. The first kappa shape index (κ1) is 14.8. The molecule has 4 rings (SSSR count). The van der Waals surface area contributed by atoms with Gasteiger partial charge < -0.3 is 10.2 Å². The SMILES string of the molecule is O=C(c1ccnnc1)N1CC[C@@]2(C1)C(=O)NC[C@@H]2c1ccccc1. The number of hydrogen-bond acceptors (Lipinski definition) is 4. The summed E-state index contributed by atoms with van der Waals surface area (Å²) in [4.78, 5) is 27.0. The van der Waals surface area contributed by atoms with Crippen molar-refractivity contribution in [1.29, 1.82) is 0 Å². The van der Waals surface area contributed by atoms with Crippen molar-refractivity contribution in [2.75, 3.05) is 19.6 Å². The van der Waals surface area contributed by atoms with E-state index in [-0.39, 0.29) is 17.7 Å². The van der Waals surface area contributed by atoms with Crippen LogP contribution >= 0.6 is 0 Å². The summed E-state index contributed by atoms with van der Waals surface area (Å²) in [5.41, 5.74) is 1.13. The van der Waals surface area contributed by atoms with Crippen molar-refractivity contribution in [2.45, 2.75) is 12.3 Å². The number of carbonyl (C=O) groups excluding carboxylic acids is 2. The van der Waals surface area contributed by atoms with Crippen LogP contribution in [0.5, 0.6) is 0 Å². The summed E-state index contributed by atoms with van der Waals surface area (Å²) in [6, 6.07) is 11.7. The Balaban J connectivity index is 1.61. The normalized spacial score (nSPS) is 25.9. The molecule has 2 aliphatic rings. The molecule has 3 heterocycles. The van der Waals surface area contributed by atoms with Gasteiger partial charge >= 0.3 is 0 Å². The lowest BCUT2D eigenvalue weighted by atomic mass is 9.73. The molecule has 0 saturated carbocycles. The minimum absolute atomic E-state index is 0.0551. The Labute approximate surface area is 139 Å². The van der Waals surface area contributed by atoms with Crippen LogP contribution in [0.25, 0.3) is 0 Å². The van der Waals surface area contributed by atoms with Crippen molar-refractivity contribution in [2.24, 2.45) is 5.41 Å². The van der Waals surface area contributed by atoms with E-state index in [1.54, 1.807) is 11.0 Å². The van der Waals surface area contributed by atoms with Crippen molar-refractivity contribution in [3.05, 3.63) is 59.9 Å². The van der Waals surface area contributed by atoms with Gasteiger partial charge in [-0.3, -0.25) is 9.59 Å². The molecule has 0 bridgehead atoms. The average Bonchev–Trinajstić information content (AvgIpc) is 3.22. The summed E-state index contributed by atoms with van der Waals surface area (Å²) in [7, 11) is 0. The Bertz CT molecular complexity index is 765. The van der Waals surface area contributed by atoms with Crippen LogP contribution in [0.1, 0.15) is 28.3 Å². The maximum Gasteiger partial charge on any atom is 0.255 e. The summed E-state index contributed by atoms with van der Waals surface area (Å²) >= 11 is 0. The highest BCUT2D eigenvalue weighted by atomic mass is 16.2. The number of likely N-dealkylation sites (tertiary alicyclic amines) is 1. The minimum atomic E-state index is -0.530. The van der Waals surface area contributed by atoms with Crippen LogP contribution in [0, 0.1) is 5.41 Å². The number of hydrogen-bond donors (Lipinski definition) is 1. The third kappa shape index (κ3) is 2.26. The van der Waals surface area contributed by atoms with E-state index in [9.17, 15) is 9.59 Å². The molecule has 0 unspecified atom stereocenters. The molecule has 122 valence electrons. The first-order chi connectivity index (χ1) is 11.7. The predicted octanol–water partition coefficient (Wildman–Crippen LogP) is 1.22. The molecule has 0 aliphatic carbocycles. The fourth-order valence-electron chi connectivity index (χ4n) is 3.92. The number of aromatic nitrogens is 2. The van der Waals surface area contributed by atoms with E-state index < -0.39 is 5.41 Å². The lowest BCUT2D eigenvalue weighted by molar-refractivity contribution is -0.127. The summed E-state index contributed by atoms with van der Waals surface area (Å²) in [5, 5.41) is 10.5. The molecule has 6 nitrogen and oxygen atoms in total. The van der Waals surface area contributed by atoms with E-state index in [1.165, 1.54) is 12.4 Å². The number of carbonyl (C=O) groups is 2. The largest absolute Gasteiger partial charge is 0.355 e. The first-order valence-electron chi connectivity index (χ1n) is 8.10. The smallest absolute Gasteiger partial charge is 0.255 e. The van der Waals surface area contributed by atoms with E-state index in [0.717, 1.165) is 5.56 Å². The molecule has 2 fully saturated rings. The van der Waals surface area contributed by atoms with Gasteiger partial charge in [-0.25, -0.2) is 0 Å². The van der Waals surface area contributed by atoms with Crippen molar-refractivity contribution < 1.29 is 9.59 Å². The lowest BCUT2D eigenvalue weighted by Gasteiger charge is -2.28. The molecule has 2 aromatic rings. The lowest BCUT2D eigenvalue weighted by Crippen LogP contribution is -2.39. The number of nitrogens with zero attached hydrogens (tertiary/aromatic N) is 3. The monoisotopic (exact) mass is 322 g/mol. The predicted molar refractivity (Wildman–Crippen MR) is 87.2 cm³/mol. The van der Waals surface area contributed by atoms with Gasteiger partial charge in [-0.05, 0) is 18.1 Å². The quantitative estimate of drug-likeness (QED) is 0.902. The Hall–Kier alpha value is -2.76. The van der Waals surface area contributed by atoms with Crippen LogP contribution in [0.3, 0.4) is 0 Å². The molecule has 2 aliphatic heterocycles. The summed E-state index contributed by atoms with van der Waals surface area (Å²) < 4.78 is 0. The topological polar surface area (TPSA) is 75.2 Å². The van der Waals surface area contributed by atoms with Crippen LogP contribution in [-0.4, -0.2) is 46.5 Å². The van der Waals surface area contributed by atoms with Crippen LogP contribution in [-0.2, 0) is 4.79 Å². The van der Waals surface area contributed by atoms with Crippen molar-refractivity contribution in [1.82, 2.24) is 20.4 Å². The van der Waals surface area contributed by atoms with E-state index in [2.05, 4.69) is 27.6 Å². The van der Waals surface area contributed by atoms with Crippen molar-refractivity contribution in [3.63, 3.8) is 0 Å². The fourth-order valence-corrected chi connectivity index (χ4v) is 3.92. The van der Waals surface area contributed by atoms with E-state index in [4.69, 9.17) is 0 Å². The van der Waals surface area contributed by atoms with Gasteiger partial charge in [-0.1, -0.05) is 30.3 Å². The van der Waals surface area contributed by atoms with E-state index >= 15 is 0 Å². The second-order valence-electron chi connectivity index (χ2n) is 6.44. The minimum Gasteiger partial charge on any atom is -0.355 e. The Morgan fingerprint density at radius 1 is 1.21 bits per heavy atom. The zero-order chi connectivity index (χ0) is 16.6. The van der Waals surface area contributed by atoms with Crippen LogP contribution < -0.4 is 5.32 Å². The second-order valence-corrected chi connectivity index (χ2v) is 6.44. The molecule has 1 spiro atoms. The second kappa shape index (κ2) is 5.70. The Morgan fingerprint density at radius 3 is 2.79 bits per heavy atom. The molecule has 2 saturated heterocycles. The third-order valence-electron chi connectivity index (χ3n) is 5.21. The number of benzene rings is 1. The number of nitrogens with one attached hydrogen (secondary N) is 1. The van der Waals surface area contributed by atoms with Crippen LogP contribution in [0.4, 0.5) is 0 Å². The summed E-state index contributed by atoms with van der Waals surface area (Å²) in [6.45, 7) is 1.65.